The van der Waals surface area contributed by atoms with Crippen LogP contribution in [0.3, 0.4) is 0 Å². The molecule has 0 spiro atoms. The molecule has 0 radical (unpaired) electrons. The summed E-state index contributed by atoms with van der Waals surface area (Å²) in [7, 11) is 0. The zero-order valence-corrected chi connectivity index (χ0v) is 13.1. The second kappa shape index (κ2) is 5.74. The van der Waals surface area contributed by atoms with Crippen LogP contribution in [0.5, 0.6) is 0 Å². The lowest BCUT2D eigenvalue weighted by atomic mass is 10.1. The number of rotatable bonds is 3. The van der Waals surface area contributed by atoms with Gasteiger partial charge in [0, 0.05) is 15.4 Å². The van der Waals surface area contributed by atoms with Crippen molar-refractivity contribution in [3.05, 3.63) is 58.6 Å². The molecule has 0 atom stereocenters. The molecular weight excluding hydrogens is 330 g/mol. The van der Waals surface area contributed by atoms with Gasteiger partial charge in [0.2, 0.25) is 0 Å². The molecule has 1 heterocycles. The third kappa shape index (κ3) is 2.59. The first-order chi connectivity index (χ1) is 10.2. The summed E-state index contributed by atoms with van der Waals surface area (Å²) >= 11 is 3.45. The molecule has 0 amide bonds. The Labute approximate surface area is 131 Å². The molecule has 21 heavy (non-hydrogen) atoms. The van der Waals surface area contributed by atoms with Gasteiger partial charge in [0.1, 0.15) is 0 Å². The van der Waals surface area contributed by atoms with Crippen LogP contribution in [0.2, 0.25) is 0 Å². The second-order valence-corrected chi connectivity index (χ2v) is 5.57. The van der Waals surface area contributed by atoms with Crippen molar-refractivity contribution in [2.24, 2.45) is 0 Å². The number of H-pyrrole nitrogens is 1. The maximum absolute atomic E-state index is 12.4. The molecule has 2 aromatic carbocycles. The fraction of sp³-hybridized carbons (Fsp3) is 0.118. The highest BCUT2D eigenvalue weighted by molar-refractivity contribution is 9.10. The number of carbonyl (C=O) groups excluding carboxylic acids is 1. The monoisotopic (exact) mass is 343 g/mol. The van der Waals surface area contributed by atoms with E-state index < -0.39 is 0 Å². The molecule has 0 aliphatic rings. The van der Waals surface area contributed by atoms with Crippen LogP contribution in [0.25, 0.3) is 22.2 Å². The SMILES string of the molecule is CCOC(=O)c1c(-c2ccccc2)[nH]c2ccc(Br)cc12. The van der Waals surface area contributed by atoms with Crippen molar-refractivity contribution in [1.82, 2.24) is 4.98 Å². The van der Waals surface area contributed by atoms with Crippen molar-refractivity contribution >= 4 is 32.8 Å². The highest BCUT2D eigenvalue weighted by Gasteiger charge is 2.20. The molecule has 0 fully saturated rings. The Morgan fingerprint density at radius 3 is 2.67 bits per heavy atom. The molecule has 0 unspecified atom stereocenters. The first-order valence-corrected chi connectivity index (χ1v) is 7.53. The lowest BCUT2D eigenvalue weighted by Crippen LogP contribution is -2.05. The van der Waals surface area contributed by atoms with E-state index in [-0.39, 0.29) is 5.97 Å². The number of hydrogen-bond acceptors (Lipinski definition) is 2. The number of carbonyl (C=O) groups is 1. The van der Waals surface area contributed by atoms with Crippen LogP contribution >= 0.6 is 15.9 Å². The van der Waals surface area contributed by atoms with Gasteiger partial charge in [-0.2, -0.15) is 0 Å². The standard InChI is InChI=1S/C17H14BrNO2/c1-2-21-17(20)15-13-10-12(18)8-9-14(13)19-16(15)11-6-4-3-5-7-11/h3-10,19H,2H2,1H3. The summed E-state index contributed by atoms with van der Waals surface area (Å²) in [5.41, 5.74) is 3.26. The Balaban J connectivity index is 2.28. The van der Waals surface area contributed by atoms with Crippen molar-refractivity contribution < 1.29 is 9.53 Å². The molecule has 0 bridgehead atoms. The van der Waals surface area contributed by atoms with Gasteiger partial charge in [0.15, 0.2) is 0 Å². The maximum atomic E-state index is 12.4. The molecular formula is C17H14BrNO2. The van der Waals surface area contributed by atoms with E-state index in [9.17, 15) is 4.79 Å². The van der Waals surface area contributed by atoms with Crippen LogP contribution in [-0.4, -0.2) is 17.6 Å². The summed E-state index contributed by atoms with van der Waals surface area (Å²) in [6, 6.07) is 15.6. The summed E-state index contributed by atoms with van der Waals surface area (Å²) in [6.45, 7) is 2.17. The Morgan fingerprint density at radius 2 is 1.95 bits per heavy atom. The van der Waals surface area contributed by atoms with Gasteiger partial charge in [-0.1, -0.05) is 46.3 Å². The molecule has 1 N–H and O–H groups in total. The lowest BCUT2D eigenvalue weighted by Gasteiger charge is -2.05. The van der Waals surface area contributed by atoms with Gasteiger partial charge in [-0.25, -0.2) is 4.79 Å². The molecule has 0 saturated carbocycles. The lowest BCUT2D eigenvalue weighted by molar-refractivity contribution is 0.0529. The number of ether oxygens (including phenoxy) is 1. The molecule has 1 aromatic heterocycles. The third-order valence-electron chi connectivity index (χ3n) is 3.30. The molecule has 3 aromatic rings. The van der Waals surface area contributed by atoms with Crippen LogP contribution in [-0.2, 0) is 4.74 Å². The molecule has 4 heteroatoms. The topological polar surface area (TPSA) is 42.1 Å². The van der Waals surface area contributed by atoms with E-state index in [1.54, 1.807) is 0 Å². The number of aromatic nitrogens is 1. The zero-order valence-electron chi connectivity index (χ0n) is 11.5. The number of esters is 1. The highest BCUT2D eigenvalue weighted by atomic mass is 79.9. The number of fused-ring (bicyclic) bond motifs is 1. The Hall–Kier alpha value is -2.07. The maximum Gasteiger partial charge on any atom is 0.340 e. The number of nitrogens with one attached hydrogen (secondary N) is 1. The molecule has 3 rings (SSSR count). The number of halogens is 1. The molecule has 0 aliphatic heterocycles. The Kier molecular flexibility index (Phi) is 3.80. The molecule has 0 saturated heterocycles. The van der Waals surface area contributed by atoms with Crippen LogP contribution in [0.1, 0.15) is 17.3 Å². The summed E-state index contributed by atoms with van der Waals surface area (Å²) in [5.74, 6) is -0.305. The fourth-order valence-electron chi connectivity index (χ4n) is 2.40. The van der Waals surface area contributed by atoms with Crippen molar-refractivity contribution in [3.8, 4) is 11.3 Å². The van der Waals surface area contributed by atoms with E-state index in [1.165, 1.54) is 0 Å². The largest absolute Gasteiger partial charge is 0.462 e. The zero-order chi connectivity index (χ0) is 14.8. The van der Waals surface area contributed by atoms with Crippen LogP contribution in [0.4, 0.5) is 0 Å². The smallest absolute Gasteiger partial charge is 0.340 e. The first-order valence-electron chi connectivity index (χ1n) is 6.74. The van der Waals surface area contributed by atoms with Gasteiger partial charge >= 0.3 is 5.97 Å². The summed E-state index contributed by atoms with van der Waals surface area (Å²) < 4.78 is 6.15. The van der Waals surface area contributed by atoms with Crippen LogP contribution < -0.4 is 0 Å². The fourth-order valence-corrected chi connectivity index (χ4v) is 2.76. The normalized spacial score (nSPS) is 10.8. The average Bonchev–Trinajstić information content (AvgIpc) is 2.87. The second-order valence-electron chi connectivity index (χ2n) is 4.65. The predicted octanol–water partition coefficient (Wildman–Crippen LogP) is 4.77. The summed E-state index contributed by atoms with van der Waals surface area (Å²) in [4.78, 5) is 15.7. The average molecular weight is 344 g/mol. The first kappa shape index (κ1) is 13.9. The summed E-state index contributed by atoms with van der Waals surface area (Å²) in [6.07, 6.45) is 0. The Bertz CT molecular complexity index is 793. The van der Waals surface area contributed by atoms with Crippen LogP contribution in [0.15, 0.2) is 53.0 Å². The van der Waals surface area contributed by atoms with E-state index in [0.29, 0.717) is 12.2 Å². The van der Waals surface area contributed by atoms with Gasteiger partial charge < -0.3 is 9.72 Å². The van der Waals surface area contributed by atoms with E-state index in [1.807, 2.05) is 55.5 Å². The molecule has 3 nitrogen and oxygen atoms in total. The molecule has 0 aliphatic carbocycles. The minimum Gasteiger partial charge on any atom is -0.462 e. The van der Waals surface area contributed by atoms with Crippen molar-refractivity contribution in [2.45, 2.75) is 6.92 Å². The summed E-state index contributed by atoms with van der Waals surface area (Å²) in [5, 5.41) is 0.863. The van der Waals surface area contributed by atoms with Crippen molar-refractivity contribution in [2.75, 3.05) is 6.61 Å². The molecule has 106 valence electrons. The van der Waals surface area contributed by atoms with E-state index >= 15 is 0 Å². The van der Waals surface area contributed by atoms with Crippen molar-refractivity contribution in [1.29, 1.82) is 0 Å². The number of hydrogen-bond donors (Lipinski definition) is 1. The highest BCUT2D eigenvalue weighted by Crippen LogP contribution is 2.32. The van der Waals surface area contributed by atoms with Gasteiger partial charge in [0.05, 0.1) is 17.9 Å². The number of benzene rings is 2. The minimum atomic E-state index is -0.305. The van der Waals surface area contributed by atoms with E-state index in [4.69, 9.17) is 4.74 Å². The van der Waals surface area contributed by atoms with E-state index in [2.05, 4.69) is 20.9 Å². The van der Waals surface area contributed by atoms with Crippen molar-refractivity contribution in [3.63, 3.8) is 0 Å². The van der Waals surface area contributed by atoms with E-state index in [0.717, 1.165) is 26.6 Å². The minimum absolute atomic E-state index is 0.305. The van der Waals surface area contributed by atoms with Gasteiger partial charge in [0.25, 0.3) is 0 Å². The quantitative estimate of drug-likeness (QED) is 0.695. The number of aromatic amines is 1. The van der Waals surface area contributed by atoms with Gasteiger partial charge in [-0.3, -0.25) is 0 Å². The predicted molar refractivity (Wildman–Crippen MR) is 87.4 cm³/mol. The van der Waals surface area contributed by atoms with Gasteiger partial charge in [-0.05, 0) is 30.7 Å². The third-order valence-corrected chi connectivity index (χ3v) is 3.80. The van der Waals surface area contributed by atoms with Crippen LogP contribution in [0, 0.1) is 0 Å². The Morgan fingerprint density at radius 1 is 1.19 bits per heavy atom. The van der Waals surface area contributed by atoms with Gasteiger partial charge in [-0.15, -0.1) is 0 Å².